The number of aryl methyl sites for hydroxylation is 1. The van der Waals surface area contributed by atoms with Crippen molar-refractivity contribution < 1.29 is 18.4 Å². The van der Waals surface area contributed by atoms with Crippen LogP contribution in [0.1, 0.15) is 23.8 Å². The first-order valence-electron chi connectivity index (χ1n) is 8.93. The van der Waals surface area contributed by atoms with Crippen molar-refractivity contribution in [2.45, 2.75) is 19.9 Å². The Morgan fingerprint density at radius 3 is 2.48 bits per heavy atom. The predicted octanol–water partition coefficient (Wildman–Crippen LogP) is 2.45. The number of benzene rings is 2. The first-order valence-corrected chi connectivity index (χ1v) is 8.93. The van der Waals surface area contributed by atoms with E-state index in [2.05, 4.69) is 15.7 Å². The van der Waals surface area contributed by atoms with Crippen LogP contribution < -0.4 is 16.2 Å². The number of fused-ring (bicyclic) bond motifs is 1. The van der Waals surface area contributed by atoms with E-state index in [1.54, 1.807) is 24.3 Å². The highest BCUT2D eigenvalue weighted by molar-refractivity contribution is 6.06. The van der Waals surface area contributed by atoms with Gasteiger partial charge in [-0.1, -0.05) is 25.1 Å². The monoisotopic (exact) mass is 400 g/mol. The number of hydrogen-bond acceptors (Lipinski definition) is 4. The Bertz CT molecular complexity index is 1140. The summed E-state index contributed by atoms with van der Waals surface area (Å²) in [4.78, 5) is 37.1. The standard InChI is InChI=1S/C20H18F2N4O3/c1-2-9-26-20(29)14-6-4-3-5-13(14)18(25-26)19(28)23-11-17(27)24-12-7-8-15(21)16(22)10-12/h3-8,10H,2,9,11H2,1H3,(H,23,28)(H,24,27). The first kappa shape index (κ1) is 20.1. The molecule has 1 aromatic heterocycles. The zero-order valence-corrected chi connectivity index (χ0v) is 15.5. The molecular weight excluding hydrogens is 382 g/mol. The molecule has 9 heteroatoms. The minimum Gasteiger partial charge on any atom is -0.342 e. The van der Waals surface area contributed by atoms with Crippen LogP contribution in [0.5, 0.6) is 0 Å². The average molecular weight is 400 g/mol. The fourth-order valence-corrected chi connectivity index (χ4v) is 2.79. The van der Waals surface area contributed by atoms with Crippen molar-refractivity contribution in [2.75, 3.05) is 11.9 Å². The number of nitrogens with one attached hydrogen (secondary N) is 2. The SMILES string of the molecule is CCCn1nc(C(=O)NCC(=O)Nc2ccc(F)c(F)c2)c2ccccc2c1=O. The fraction of sp³-hybridized carbons (Fsp3) is 0.200. The maximum atomic E-state index is 13.2. The van der Waals surface area contributed by atoms with E-state index in [1.807, 2.05) is 6.92 Å². The zero-order valence-electron chi connectivity index (χ0n) is 15.5. The summed E-state index contributed by atoms with van der Waals surface area (Å²) in [6.07, 6.45) is 0.656. The van der Waals surface area contributed by atoms with Gasteiger partial charge in [-0.2, -0.15) is 5.10 Å². The van der Waals surface area contributed by atoms with Gasteiger partial charge in [0.05, 0.1) is 11.9 Å². The Labute approximate surface area is 164 Å². The molecule has 0 aliphatic rings. The van der Waals surface area contributed by atoms with Gasteiger partial charge in [-0.3, -0.25) is 14.4 Å². The molecule has 0 unspecified atom stereocenters. The molecule has 29 heavy (non-hydrogen) atoms. The summed E-state index contributed by atoms with van der Waals surface area (Å²) in [5.74, 6) is -3.39. The highest BCUT2D eigenvalue weighted by Gasteiger charge is 2.17. The largest absolute Gasteiger partial charge is 0.342 e. The lowest BCUT2D eigenvalue weighted by atomic mass is 10.1. The second-order valence-electron chi connectivity index (χ2n) is 6.28. The number of amides is 2. The van der Waals surface area contributed by atoms with Crippen LogP contribution in [0.2, 0.25) is 0 Å². The van der Waals surface area contributed by atoms with Gasteiger partial charge in [0, 0.05) is 23.7 Å². The zero-order chi connectivity index (χ0) is 21.0. The number of carbonyl (C=O) groups is 2. The molecule has 2 N–H and O–H groups in total. The van der Waals surface area contributed by atoms with Crippen LogP contribution in [-0.2, 0) is 11.3 Å². The maximum Gasteiger partial charge on any atom is 0.274 e. The molecule has 0 fully saturated rings. The Hall–Kier alpha value is -3.62. The van der Waals surface area contributed by atoms with E-state index in [0.29, 0.717) is 23.7 Å². The molecule has 0 aliphatic heterocycles. The summed E-state index contributed by atoms with van der Waals surface area (Å²) >= 11 is 0. The molecule has 3 rings (SSSR count). The van der Waals surface area contributed by atoms with E-state index in [-0.39, 0.29) is 16.9 Å². The van der Waals surface area contributed by atoms with Gasteiger partial charge in [0.25, 0.3) is 11.5 Å². The van der Waals surface area contributed by atoms with Crippen molar-refractivity contribution in [2.24, 2.45) is 0 Å². The normalized spacial score (nSPS) is 10.7. The molecule has 3 aromatic rings. The Kier molecular flexibility index (Phi) is 5.96. The summed E-state index contributed by atoms with van der Waals surface area (Å²) in [5.41, 5.74) is -0.215. The molecule has 0 atom stereocenters. The van der Waals surface area contributed by atoms with E-state index in [0.717, 1.165) is 12.1 Å². The van der Waals surface area contributed by atoms with Gasteiger partial charge >= 0.3 is 0 Å². The van der Waals surface area contributed by atoms with Crippen LogP contribution >= 0.6 is 0 Å². The number of nitrogens with zero attached hydrogens (tertiary/aromatic N) is 2. The second kappa shape index (κ2) is 8.59. The van der Waals surface area contributed by atoms with Crippen molar-refractivity contribution >= 4 is 28.3 Å². The van der Waals surface area contributed by atoms with Crippen LogP contribution in [0.15, 0.2) is 47.3 Å². The van der Waals surface area contributed by atoms with Crippen LogP contribution in [0, 0.1) is 11.6 Å². The molecule has 2 aromatic carbocycles. The second-order valence-corrected chi connectivity index (χ2v) is 6.28. The van der Waals surface area contributed by atoms with E-state index in [1.165, 1.54) is 10.7 Å². The van der Waals surface area contributed by atoms with Gasteiger partial charge in [-0.15, -0.1) is 0 Å². The third kappa shape index (κ3) is 4.45. The fourth-order valence-electron chi connectivity index (χ4n) is 2.79. The van der Waals surface area contributed by atoms with Gasteiger partial charge in [0.2, 0.25) is 5.91 Å². The number of hydrogen-bond donors (Lipinski definition) is 2. The molecule has 2 amide bonds. The number of aromatic nitrogens is 2. The summed E-state index contributed by atoms with van der Waals surface area (Å²) < 4.78 is 27.4. The lowest BCUT2D eigenvalue weighted by Gasteiger charge is -2.11. The van der Waals surface area contributed by atoms with Gasteiger partial charge in [-0.25, -0.2) is 13.5 Å². The Morgan fingerprint density at radius 2 is 1.79 bits per heavy atom. The molecule has 0 spiro atoms. The maximum absolute atomic E-state index is 13.2. The van der Waals surface area contributed by atoms with Gasteiger partial charge in [0.1, 0.15) is 0 Å². The van der Waals surface area contributed by atoms with Crippen molar-refractivity contribution in [1.82, 2.24) is 15.1 Å². The highest BCUT2D eigenvalue weighted by atomic mass is 19.2. The number of carbonyl (C=O) groups excluding carboxylic acids is 2. The van der Waals surface area contributed by atoms with Gasteiger partial charge in [-0.05, 0) is 24.6 Å². The molecule has 0 saturated carbocycles. The minimum atomic E-state index is -1.10. The molecule has 0 radical (unpaired) electrons. The van der Waals surface area contributed by atoms with Gasteiger partial charge < -0.3 is 10.6 Å². The molecule has 0 saturated heterocycles. The first-order chi connectivity index (χ1) is 13.9. The summed E-state index contributed by atoms with van der Waals surface area (Å²) in [6.45, 7) is 1.81. The van der Waals surface area contributed by atoms with Crippen molar-refractivity contribution in [3.05, 3.63) is 70.1 Å². The highest BCUT2D eigenvalue weighted by Crippen LogP contribution is 2.14. The minimum absolute atomic E-state index is 0.0225. The number of anilines is 1. The molecule has 1 heterocycles. The topological polar surface area (TPSA) is 93.1 Å². The average Bonchev–Trinajstić information content (AvgIpc) is 2.71. The van der Waals surface area contributed by atoms with Crippen molar-refractivity contribution in [3.8, 4) is 0 Å². The number of halogens is 2. The lowest BCUT2D eigenvalue weighted by Crippen LogP contribution is -2.35. The van der Waals surface area contributed by atoms with E-state index >= 15 is 0 Å². The van der Waals surface area contributed by atoms with Crippen LogP contribution in [0.3, 0.4) is 0 Å². The predicted molar refractivity (Wildman–Crippen MR) is 104 cm³/mol. The number of rotatable bonds is 6. The van der Waals surface area contributed by atoms with Crippen LogP contribution in [0.4, 0.5) is 14.5 Å². The van der Waals surface area contributed by atoms with E-state index in [4.69, 9.17) is 0 Å². The van der Waals surface area contributed by atoms with Crippen molar-refractivity contribution in [3.63, 3.8) is 0 Å². The van der Waals surface area contributed by atoms with Crippen molar-refractivity contribution in [1.29, 1.82) is 0 Å². The molecule has 150 valence electrons. The smallest absolute Gasteiger partial charge is 0.274 e. The summed E-state index contributed by atoms with van der Waals surface area (Å²) in [7, 11) is 0. The summed E-state index contributed by atoms with van der Waals surface area (Å²) in [6, 6.07) is 9.51. The molecular formula is C20H18F2N4O3. The Morgan fingerprint density at radius 1 is 1.07 bits per heavy atom. The Balaban J connectivity index is 1.77. The third-order valence-electron chi connectivity index (χ3n) is 4.13. The third-order valence-corrected chi connectivity index (χ3v) is 4.13. The summed E-state index contributed by atoms with van der Waals surface area (Å²) in [5, 5.41) is 9.66. The van der Waals surface area contributed by atoms with E-state index < -0.39 is 30.0 Å². The molecule has 0 aliphatic carbocycles. The lowest BCUT2D eigenvalue weighted by molar-refractivity contribution is -0.115. The molecule has 0 bridgehead atoms. The van der Waals surface area contributed by atoms with Gasteiger partial charge in [0.15, 0.2) is 17.3 Å². The van der Waals surface area contributed by atoms with E-state index in [9.17, 15) is 23.2 Å². The van der Waals surface area contributed by atoms with Crippen LogP contribution in [0.25, 0.3) is 10.8 Å². The quantitative estimate of drug-likeness (QED) is 0.665. The molecule has 7 nitrogen and oxygen atoms in total. The van der Waals surface area contributed by atoms with Crippen LogP contribution in [-0.4, -0.2) is 28.1 Å².